The number of fused-ring (bicyclic) bond motifs is 4. The predicted molar refractivity (Wildman–Crippen MR) is 479 cm³/mol. The van der Waals surface area contributed by atoms with E-state index >= 15 is 0 Å². The minimum absolute atomic E-state index is 0.0525. The summed E-state index contributed by atoms with van der Waals surface area (Å²) in [6.45, 7) is 19.3. The van der Waals surface area contributed by atoms with Gasteiger partial charge in [-0.25, -0.2) is 42.4 Å². The fourth-order valence-corrected chi connectivity index (χ4v) is 17.5. The molecular weight excluding hydrogens is 1700 g/mol. The second kappa shape index (κ2) is 38.1. The van der Waals surface area contributed by atoms with E-state index in [-0.39, 0.29) is 80.0 Å². The summed E-state index contributed by atoms with van der Waals surface area (Å²) < 4.78 is 49.1. The number of benzene rings is 6. The monoisotopic (exact) mass is 1790 g/mol. The minimum Gasteiger partial charge on any atom is -0.497 e. The van der Waals surface area contributed by atoms with Gasteiger partial charge in [-0.2, -0.15) is 15.3 Å². The number of piperidine rings is 1. The summed E-state index contributed by atoms with van der Waals surface area (Å²) in [5.74, 6) is -0.679. The normalized spacial score (nSPS) is 17.4. The SMILES string of the molecule is CC(=O)N1C/C(=C\c2ccc(F)cc2)c2c(c(C(=O)N(C(C)=O)N3CC4CCCC4C3)nn2-c2ccc(Cl)cc2)C1.COc1ccc(/C=C2\CN(C(=O)OC(C)(C)C)Cc3c(C(=O)N4CCCCC4)nn(-c4ccc(Cl)cc4Cl)c32)cc1.C[C@@H](NC(=O)c1nn(-c2ccc(Cl)cc2Cl)c2c1CN(C(=O)OC(C)(C)C)C/C2=C\c1ccc(F)cc1)c1ccccn1. The number of likely N-dealkylation sites (tertiary alicyclic amines) is 1. The van der Waals surface area contributed by atoms with E-state index < -0.39 is 41.2 Å². The van der Waals surface area contributed by atoms with Crippen molar-refractivity contribution in [1.82, 2.24) is 69.3 Å². The number of amides is 7. The number of nitrogens with zero attached hydrogens (tertiary/aromatic N) is 13. The number of methoxy groups -OCH3 is 1. The van der Waals surface area contributed by atoms with E-state index in [1.165, 1.54) is 54.4 Å². The molecule has 2 unspecified atom stereocenters. The Morgan fingerprint density at radius 2 is 0.960 bits per heavy atom. The molecule has 7 amide bonds. The molecule has 31 heteroatoms. The van der Waals surface area contributed by atoms with Gasteiger partial charge in [-0.05, 0) is 253 Å². The van der Waals surface area contributed by atoms with E-state index in [9.17, 15) is 42.3 Å². The van der Waals surface area contributed by atoms with Crippen LogP contribution in [0.5, 0.6) is 5.75 Å². The quantitative estimate of drug-likeness (QED) is 0.113. The largest absolute Gasteiger partial charge is 0.497 e. The maximum absolute atomic E-state index is 14.2. The Balaban J connectivity index is 0.000000152. The third kappa shape index (κ3) is 20.9. The molecule has 3 fully saturated rings. The molecule has 3 atom stereocenters. The third-order valence-corrected chi connectivity index (χ3v) is 23.5. The summed E-state index contributed by atoms with van der Waals surface area (Å²) in [5, 5.41) is 22.7. The van der Waals surface area contributed by atoms with Crippen molar-refractivity contribution in [3.05, 3.63) is 268 Å². The van der Waals surface area contributed by atoms with Crippen LogP contribution in [0.3, 0.4) is 0 Å². The smallest absolute Gasteiger partial charge is 0.410 e. The van der Waals surface area contributed by atoms with E-state index in [4.69, 9.17) is 87.5 Å². The van der Waals surface area contributed by atoms with Crippen molar-refractivity contribution in [2.75, 3.05) is 52.9 Å². The summed E-state index contributed by atoms with van der Waals surface area (Å²) >= 11 is 31.9. The zero-order chi connectivity index (χ0) is 89.0. The van der Waals surface area contributed by atoms with Crippen molar-refractivity contribution in [3.8, 4) is 22.8 Å². The van der Waals surface area contributed by atoms with Crippen LogP contribution in [0.25, 0.3) is 52.0 Å². The Labute approximate surface area is 748 Å². The number of halogens is 7. The Morgan fingerprint density at radius 1 is 0.512 bits per heavy atom. The summed E-state index contributed by atoms with van der Waals surface area (Å²) in [5.41, 5.74) is 9.78. The number of carbonyl (C=O) groups is 7. The van der Waals surface area contributed by atoms with E-state index in [0.29, 0.717) is 131 Å². The van der Waals surface area contributed by atoms with Crippen molar-refractivity contribution in [3.63, 3.8) is 0 Å². The first-order chi connectivity index (χ1) is 59.6. The highest BCUT2D eigenvalue weighted by atomic mass is 35.5. The van der Waals surface area contributed by atoms with Crippen LogP contribution in [0.4, 0.5) is 18.4 Å². The maximum atomic E-state index is 14.2. The average Bonchev–Trinajstić information content (AvgIpc) is 1.28. The zero-order valence-corrected chi connectivity index (χ0v) is 74.6. The van der Waals surface area contributed by atoms with E-state index in [1.807, 2.05) is 92.2 Å². The number of hydrazine groups is 1. The molecule has 16 rings (SSSR count). The third-order valence-electron chi connectivity index (χ3n) is 22.2. The molecule has 9 heterocycles. The van der Waals surface area contributed by atoms with Crippen molar-refractivity contribution in [2.45, 2.75) is 138 Å². The lowest BCUT2D eigenvalue weighted by atomic mass is 9.97. The van der Waals surface area contributed by atoms with Gasteiger partial charge < -0.3 is 29.3 Å². The van der Waals surface area contributed by atoms with Crippen LogP contribution >= 0.6 is 58.0 Å². The summed E-state index contributed by atoms with van der Waals surface area (Å²) in [6.07, 6.45) is 12.7. The second-order valence-electron chi connectivity index (χ2n) is 33.6. The number of hydrogen-bond acceptors (Lipinski definition) is 15. The Hall–Kier alpha value is -11.5. The summed E-state index contributed by atoms with van der Waals surface area (Å²) in [6, 6.07) is 42.0. The molecule has 1 N–H and O–H groups in total. The molecule has 4 aromatic heterocycles. The molecule has 650 valence electrons. The van der Waals surface area contributed by atoms with Gasteiger partial charge in [0.25, 0.3) is 17.7 Å². The van der Waals surface area contributed by atoms with Crippen molar-refractivity contribution in [2.24, 2.45) is 11.8 Å². The van der Waals surface area contributed by atoms with E-state index in [0.717, 1.165) is 65.8 Å². The first kappa shape index (κ1) is 89.7. The summed E-state index contributed by atoms with van der Waals surface area (Å²) in [4.78, 5) is 105. The van der Waals surface area contributed by atoms with Crippen LogP contribution < -0.4 is 10.1 Å². The lowest BCUT2D eigenvalue weighted by Gasteiger charge is -2.32. The molecule has 24 nitrogen and oxygen atoms in total. The first-order valence-electron chi connectivity index (χ1n) is 41.3. The molecule has 6 aliphatic rings. The number of ether oxygens (including phenoxy) is 3. The van der Waals surface area contributed by atoms with Crippen LogP contribution in [0.15, 0.2) is 158 Å². The lowest BCUT2D eigenvalue weighted by Crippen LogP contribution is -2.49. The summed E-state index contributed by atoms with van der Waals surface area (Å²) in [7, 11) is 1.62. The number of carbonyl (C=O) groups excluding carboxylic acids is 7. The highest BCUT2D eigenvalue weighted by Crippen LogP contribution is 2.43. The molecule has 0 bridgehead atoms. The Morgan fingerprint density at radius 3 is 1.42 bits per heavy atom. The number of pyridine rings is 1. The second-order valence-corrected chi connectivity index (χ2v) is 35.7. The average molecular weight is 1800 g/mol. The molecule has 5 aliphatic heterocycles. The molecule has 1 saturated carbocycles. The molecule has 125 heavy (non-hydrogen) atoms. The van der Waals surface area contributed by atoms with Gasteiger partial charge in [0.1, 0.15) is 28.6 Å². The van der Waals surface area contributed by atoms with Crippen LogP contribution in [0.1, 0.15) is 195 Å². The maximum Gasteiger partial charge on any atom is 0.410 e. The van der Waals surface area contributed by atoms with Gasteiger partial charge in [0.05, 0.1) is 95.8 Å². The van der Waals surface area contributed by atoms with Gasteiger partial charge in [0.2, 0.25) is 11.8 Å². The van der Waals surface area contributed by atoms with Gasteiger partial charge in [0, 0.05) is 84.5 Å². The Bertz CT molecular complexity index is 5850. The van der Waals surface area contributed by atoms with Gasteiger partial charge in [0.15, 0.2) is 17.1 Å². The molecule has 0 spiro atoms. The van der Waals surface area contributed by atoms with Gasteiger partial charge in [-0.1, -0.05) is 107 Å². The molecule has 6 aromatic carbocycles. The van der Waals surface area contributed by atoms with Gasteiger partial charge >= 0.3 is 12.2 Å². The molecule has 1 aliphatic carbocycles. The van der Waals surface area contributed by atoms with E-state index in [1.54, 1.807) is 149 Å². The van der Waals surface area contributed by atoms with Gasteiger partial charge in [-0.3, -0.25) is 38.8 Å². The number of imide groups is 1. The number of aromatic nitrogens is 7. The first-order valence-corrected chi connectivity index (χ1v) is 43.1. The van der Waals surface area contributed by atoms with Crippen LogP contribution in [-0.4, -0.2) is 170 Å². The molecule has 2 saturated heterocycles. The highest BCUT2D eigenvalue weighted by molar-refractivity contribution is 6.36. The topological polar surface area (TPSA) is 245 Å². The standard InChI is InChI=1S/C32H30Cl2FN5O3.C31H34Cl2N4O4.C31H31ClFN5O3/c1-19(26-7-5-6-14-36-26)37-30(41)28-24-18-39(31(42)43-32(2,3)4)17-21(15-20-8-11-23(35)12-9-20)29(24)40(38-28)27-13-10-22(33)16-25(27)34;1-31(2,3)41-30(39)36-18-21(16-20-8-11-23(40-4)12-9-20)28-24(19-36)27(29(38)35-14-6-5-7-15-35)34-37(28)26-13-10-22(32)17-25(26)33;1-19(39)35-15-24(14-21-6-10-26(33)11-7-21)30-28(18-35)29(34-37(30)27-12-8-25(32)9-13-27)31(41)38(20(2)40)36-16-22-4-3-5-23(22)17-36/h5-16,19H,17-18H2,1-4H3,(H,37,41);8-13,16-17H,5-7,14-15,18-19H2,1-4H3;6-14,22-23H,3-5,15-18H2,1-2H3/b21-15+;21-16+;24-14+/t19-;;/m1../s1. The fraction of sp³-hybridized carbons (Fsp3) is 0.330. The number of hydrogen-bond donors (Lipinski definition) is 1. The van der Waals surface area contributed by atoms with Crippen molar-refractivity contribution in [1.29, 1.82) is 0 Å². The molecule has 10 aromatic rings. The fourth-order valence-electron chi connectivity index (χ4n) is 16.4. The van der Waals surface area contributed by atoms with E-state index in [2.05, 4.69) is 10.3 Å². The zero-order valence-electron chi connectivity index (χ0n) is 70.8. The number of nitrogens with one attached hydrogen (secondary N) is 1. The Kier molecular flexibility index (Phi) is 27.4. The molecular formula is C94H95Cl5F2N14O10. The van der Waals surface area contributed by atoms with Crippen LogP contribution in [0, 0.1) is 23.5 Å². The number of rotatable bonds is 13. The van der Waals surface area contributed by atoms with Crippen molar-refractivity contribution >= 4 is 135 Å². The molecule has 0 radical (unpaired) electrons. The minimum atomic E-state index is -0.739. The van der Waals surface area contributed by atoms with Crippen molar-refractivity contribution < 1.29 is 56.6 Å². The predicted octanol–water partition coefficient (Wildman–Crippen LogP) is 19.8. The van der Waals surface area contributed by atoms with Crippen LogP contribution in [-0.2, 0) is 38.7 Å². The van der Waals surface area contributed by atoms with Gasteiger partial charge in [-0.15, -0.1) is 0 Å². The van der Waals surface area contributed by atoms with Crippen LogP contribution in [0.2, 0.25) is 25.1 Å². The lowest BCUT2D eigenvalue weighted by molar-refractivity contribution is -0.139. The highest BCUT2D eigenvalue weighted by Gasteiger charge is 2.45.